The molecule has 0 aliphatic heterocycles. The number of aromatic nitrogens is 3. The zero-order valence-corrected chi connectivity index (χ0v) is 11.0. The van der Waals surface area contributed by atoms with Gasteiger partial charge in [0, 0.05) is 18.5 Å². The van der Waals surface area contributed by atoms with Crippen molar-refractivity contribution in [3.8, 4) is 0 Å². The van der Waals surface area contributed by atoms with Crippen LogP contribution in [0, 0.1) is 0 Å². The van der Waals surface area contributed by atoms with Gasteiger partial charge in [0.15, 0.2) is 0 Å². The van der Waals surface area contributed by atoms with Crippen LogP contribution >= 0.6 is 11.6 Å². The molecule has 1 unspecified atom stereocenters. The highest BCUT2D eigenvalue weighted by molar-refractivity contribution is 7.91. The molecule has 5 nitrogen and oxygen atoms in total. The summed E-state index contributed by atoms with van der Waals surface area (Å²) in [6.07, 6.45) is 2.30. The molecular weight excluding hydrogens is 250 g/mol. The molecular formula is C9H16ClN3O2S. The molecule has 7 heteroatoms. The van der Waals surface area contributed by atoms with Gasteiger partial charge in [-0.2, -0.15) is 0 Å². The Balaban J connectivity index is 2.43. The second-order valence-corrected chi connectivity index (χ2v) is 6.74. The fraction of sp³-hybridized carbons (Fsp3) is 0.778. The van der Waals surface area contributed by atoms with E-state index in [0.29, 0.717) is 18.7 Å². The summed E-state index contributed by atoms with van der Waals surface area (Å²) < 4.78 is 24.1. The number of hydrogen-bond acceptors (Lipinski definition) is 4. The molecule has 92 valence electrons. The Hall–Kier alpha value is -0.620. The molecule has 16 heavy (non-hydrogen) atoms. The summed E-state index contributed by atoms with van der Waals surface area (Å²) in [5, 5.41) is 7.58. The Morgan fingerprint density at radius 1 is 1.56 bits per heavy atom. The highest BCUT2D eigenvalue weighted by atomic mass is 35.5. The predicted molar refractivity (Wildman–Crippen MR) is 63.2 cm³/mol. The van der Waals surface area contributed by atoms with Crippen molar-refractivity contribution < 1.29 is 8.42 Å². The van der Waals surface area contributed by atoms with Crippen molar-refractivity contribution >= 4 is 21.4 Å². The number of alkyl halides is 1. The van der Waals surface area contributed by atoms with E-state index in [1.54, 1.807) is 17.8 Å². The first-order valence-electron chi connectivity index (χ1n) is 5.19. The van der Waals surface area contributed by atoms with Crippen LogP contribution in [0.25, 0.3) is 0 Å². The van der Waals surface area contributed by atoms with E-state index in [1.165, 1.54) is 0 Å². The fourth-order valence-electron chi connectivity index (χ4n) is 1.20. The Morgan fingerprint density at radius 3 is 2.75 bits per heavy atom. The summed E-state index contributed by atoms with van der Waals surface area (Å²) in [6.45, 7) is 4.02. The fourth-order valence-corrected chi connectivity index (χ4v) is 2.15. The first kappa shape index (κ1) is 13.4. The standard InChI is InChI=1S/C9H16ClN3O2S/c1-3-16(14,15)6-4-5-13-7-9(8(2)10)11-12-13/h7-8H,3-6H2,1-2H3. The largest absolute Gasteiger partial charge is 0.252 e. The van der Waals surface area contributed by atoms with Gasteiger partial charge in [0.1, 0.15) is 15.5 Å². The van der Waals surface area contributed by atoms with Crippen molar-refractivity contribution in [3.05, 3.63) is 11.9 Å². The van der Waals surface area contributed by atoms with E-state index in [9.17, 15) is 8.42 Å². The molecule has 1 rings (SSSR count). The number of sulfone groups is 1. The second-order valence-electron chi connectivity index (χ2n) is 3.61. The molecule has 0 amide bonds. The summed E-state index contributed by atoms with van der Waals surface area (Å²) in [7, 11) is -2.89. The van der Waals surface area contributed by atoms with E-state index >= 15 is 0 Å². The molecule has 0 N–H and O–H groups in total. The van der Waals surface area contributed by atoms with Gasteiger partial charge in [-0.3, -0.25) is 4.68 Å². The van der Waals surface area contributed by atoms with Gasteiger partial charge in [-0.05, 0) is 13.3 Å². The number of aryl methyl sites for hydroxylation is 1. The molecule has 1 atom stereocenters. The van der Waals surface area contributed by atoms with Gasteiger partial charge in [0.05, 0.1) is 11.1 Å². The maximum absolute atomic E-state index is 11.2. The molecule has 1 aromatic rings. The average Bonchev–Trinajstić information content (AvgIpc) is 2.66. The second kappa shape index (κ2) is 5.63. The van der Waals surface area contributed by atoms with Crippen LogP contribution < -0.4 is 0 Å². The normalized spacial score (nSPS) is 13.9. The monoisotopic (exact) mass is 265 g/mol. The Kier molecular flexibility index (Phi) is 4.73. The van der Waals surface area contributed by atoms with E-state index in [-0.39, 0.29) is 16.9 Å². The van der Waals surface area contributed by atoms with Crippen LogP contribution in [0.3, 0.4) is 0 Å². The van der Waals surface area contributed by atoms with Gasteiger partial charge in [-0.25, -0.2) is 8.42 Å². The molecule has 0 bridgehead atoms. The topological polar surface area (TPSA) is 64.8 Å². The van der Waals surface area contributed by atoms with Gasteiger partial charge in [0.25, 0.3) is 0 Å². The third kappa shape index (κ3) is 4.09. The van der Waals surface area contributed by atoms with Crippen LogP contribution in [0.2, 0.25) is 0 Å². The molecule has 0 aliphatic carbocycles. The summed E-state index contributed by atoms with van der Waals surface area (Å²) in [4.78, 5) is 0. The summed E-state index contributed by atoms with van der Waals surface area (Å²) in [5.41, 5.74) is 0.708. The molecule has 0 saturated heterocycles. The van der Waals surface area contributed by atoms with E-state index in [1.807, 2.05) is 6.92 Å². The van der Waals surface area contributed by atoms with Crippen LogP contribution in [-0.4, -0.2) is 34.9 Å². The maximum atomic E-state index is 11.2. The molecule has 0 aliphatic rings. The molecule has 0 saturated carbocycles. The number of nitrogens with zero attached hydrogens (tertiary/aromatic N) is 3. The Morgan fingerprint density at radius 2 is 2.25 bits per heavy atom. The average molecular weight is 266 g/mol. The van der Waals surface area contributed by atoms with Gasteiger partial charge in [-0.15, -0.1) is 16.7 Å². The summed E-state index contributed by atoms with van der Waals surface area (Å²) in [6, 6.07) is 0. The third-order valence-corrected chi connectivity index (χ3v) is 4.26. The van der Waals surface area contributed by atoms with Crippen LogP contribution in [0.4, 0.5) is 0 Å². The van der Waals surface area contributed by atoms with Crippen molar-refractivity contribution in [3.63, 3.8) is 0 Å². The number of halogens is 1. The van der Waals surface area contributed by atoms with Crippen molar-refractivity contribution in [2.24, 2.45) is 0 Å². The van der Waals surface area contributed by atoms with Crippen LogP contribution in [0.5, 0.6) is 0 Å². The lowest BCUT2D eigenvalue weighted by atomic mass is 10.4. The quantitative estimate of drug-likeness (QED) is 0.730. The molecule has 0 radical (unpaired) electrons. The van der Waals surface area contributed by atoms with Crippen molar-refractivity contribution in [1.82, 2.24) is 15.0 Å². The highest BCUT2D eigenvalue weighted by Gasteiger charge is 2.09. The maximum Gasteiger partial charge on any atom is 0.150 e. The molecule has 0 spiro atoms. The lowest BCUT2D eigenvalue weighted by molar-refractivity contribution is 0.562. The number of rotatable bonds is 6. The van der Waals surface area contributed by atoms with Gasteiger partial charge >= 0.3 is 0 Å². The van der Waals surface area contributed by atoms with Gasteiger partial charge < -0.3 is 0 Å². The van der Waals surface area contributed by atoms with Crippen LogP contribution in [0.1, 0.15) is 31.3 Å². The van der Waals surface area contributed by atoms with E-state index in [2.05, 4.69) is 10.3 Å². The SMILES string of the molecule is CCS(=O)(=O)CCCn1cc(C(C)Cl)nn1. The Labute approximate surface area is 101 Å². The smallest absolute Gasteiger partial charge is 0.150 e. The zero-order chi connectivity index (χ0) is 12.2. The van der Waals surface area contributed by atoms with Crippen molar-refractivity contribution in [2.75, 3.05) is 11.5 Å². The number of hydrogen-bond donors (Lipinski definition) is 0. The van der Waals surface area contributed by atoms with Crippen molar-refractivity contribution in [2.45, 2.75) is 32.2 Å². The van der Waals surface area contributed by atoms with Gasteiger partial charge in [0.2, 0.25) is 0 Å². The molecule has 0 aromatic carbocycles. The molecule has 0 fully saturated rings. The zero-order valence-electron chi connectivity index (χ0n) is 9.43. The first-order valence-corrected chi connectivity index (χ1v) is 7.45. The van der Waals surface area contributed by atoms with Crippen molar-refractivity contribution in [1.29, 1.82) is 0 Å². The lowest BCUT2D eigenvalue weighted by Crippen LogP contribution is -2.11. The van der Waals surface area contributed by atoms with E-state index < -0.39 is 9.84 Å². The highest BCUT2D eigenvalue weighted by Crippen LogP contribution is 2.15. The Bertz CT molecular complexity index is 428. The predicted octanol–water partition coefficient (Wildman–Crippen LogP) is 1.40. The minimum absolute atomic E-state index is 0.173. The summed E-state index contributed by atoms with van der Waals surface area (Å²) >= 11 is 5.83. The van der Waals surface area contributed by atoms with E-state index in [4.69, 9.17) is 11.6 Å². The van der Waals surface area contributed by atoms with Crippen LogP contribution in [0.15, 0.2) is 6.20 Å². The minimum Gasteiger partial charge on any atom is -0.252 e. The third-order valence-electron chi connectivity index (χ3n) is 2.25. The molecule has 1 heterocycles. The van der Waals surface area contributed by atoms with Crippen LogP contribution in [-0.2, 0) is 16.4 Å². The lowest BCUT2D eigenvalue weighted by Gasteiger charge is -2.01. The van der Waals surface area contributed by atoms with Gasteiger partial charge in [-0.1, -0.05) is 12.1 Å². The summed E-state index contributed by atoms with van der Waals surface area (Å²) in [5.74, 6) is 0.378. The first-order chi connectivity index (χ1) is 7.44. The molecule has 1 aromatic heterocycles. The van der Waals surface area contributed by atoms with E-state index in [0.717, 1.165) is 0 Å². The minimum atomic E-state index is -2.89.